The number of allylic oxidation sites excluding steroid dienone is 3. The molecule has 0 aromatic heterocycles. The molecule has 1 aliphatic heterocycles. The van der Waals surface area contributed by atoms with Crippen LogP contribution < -0.4 is 0 Å². The SMILES string of the molecule is C=C/C(C)=C\C[C@]1(C)[C@H](C)CC[C@@]23C(=C[C@H](OC(=O)[C@@](OC)(c4ccccc4)C(F)(F)F)C[C@@H]12)[C@@H](OC(C)=O)O[C@H]3OC(C)=O. The third-order valence-corrected chi connectivity index (χ3v) is 9.99. The van der Waals surface area contributed by atoms with Gasteiger partial charge in [-0.05, 0) is 55.9 Å². The van der Waals surface area contributed by atoms with Crippen LogP contribution in [-0.2, 0) is 43.7 Å². The number of methoxy groups -OCH3 is 1. The summed E-state index contributed by atoms with van der Waals surface area (Å²) in [6, 6.07) is 6.59. The maximum atomic E-state index is 14.7. The minimum atomic E-state index is -5.16. The molecule has 1 spiro atoms. The Bertz CT molecular complexity index is 1370. The van der Waals surface area contributed by atoms with E-state index in [1.165, 1.54) is 38.1 Å². The van der Waals surface area contributed by atoms with Crippen LogP contribution in [0.4, 0.5) is 13.2 Å². The van der Waals surface area contributed by atoms with Crippen LogP contribution in [0.25, 0.3) is 0 Å². The van der Waals surface area contributed by atoms with Crippen LogP contribution in [0.1, 0.15) is 65.9 Å². The Morgan fingerprint density at radius 2 is 1.71 bits per heavy atom. The maximum absolute atomic E-state index is 14.7. The number of carbonyl (C=O) groups is 3. The van der Waals surface area contributed by atoms with Crippen molar-refractivity contribution in [3.05, 3.63) is 71.8 Å². The molecular weight excluding hydrogens is 593 g/mol. The molecule has 0 bridgehead atoms. The van der Waals surface area contributed by atoms with Gasteiger partial charge in [-0.25, -0.2) is 4.79 Å². The highest BCUT2D eigenvalue weighted by Gasteiger charge is 2.69. The predicted octanol–water partition coefficient (Wildman–Crippen LogP) is 6.70. The third-order valence-electron chi connectivity index (χ3n) is 9.99. The first-order chi connectivity index (χ1) is 21.1. The van der Waals surface area contributed by atoms with E-state index in [9.17, 15) is 27.6 Å². The fourth-order valence-corrected chi connectivity index (χ4v) is 7.42. The van der Waals surface area contributed by atoms with Gasteiger partial charge < -0.3 is 18.9 Å². The number of ether oxygens (including phenoxy) is 5. The summed E-state index contributed by atoms with van der Waals surface area (Å²) in [6.07, 6.45) is -1.71. The molecule has 1 aromatic carbocycles. The molecule has 11 heteroatoms. The van der Waals surface area contributed by atoms with Gasteiger partial charge in [-0.2, -0.15) is 13.2 Å². The molecule has 0 radical (unpaired) electrons. The third kappa shape index (κ3) is 5.96. The van der Waals surface area contributed by atoms with Crippen LogP contribution >= 0.6 is 0 Å². The lowest BCUT2D eigenvalue weighted by Crippen LogP contribution is -2.58. The van der Waals surface area contributed by atoms with Crippen LogP contribution in [0, 0.1) is 22.7 Å². The van der Waals surface area contributed by atoms with Crippen LogP contribution in [0.3, 0.4) is 0 Å². The largest absolute Gasteiger partial charge is 0.455 e. The van der Waals surface area contributed by atoms with E-state index >= 15 is 0 Å². The Hall–Kier alpha value is -3.44. The Balaban J connectivity index is 1.88. The smallest absolute Gasteiger partial charge is 0.432 e. The number of alkyl halides is 3. The summed E-state index contributed by atoms with van der Waals surface area (Å²) >= 11 is 0. The molecule has 3 aliphatic rings. The number of halogens is 3. The average Bonchev–Trinajstić information content (AvgIpc) is 3.24. The number of hydrogen-bond acceptors (Lipinski definition) is 8. The molecule has 45 heavy (non-hydrogen) atoms. The van der Waals surface area contributed by atoms with E-state index in [4.69, 9.17) is 23.7 Å². The van der Waals surface area contributed by atoms with Crippen LogP contribution in [-0.4, -0.2) is 49.9 Å². The first kappa shape index (κ1) is 34.4. The van der Waals surface area contributed by atoms with Crippen molar-refractivity contribution in [2.75, 3.05) is 7.11 Å². The van der Waals surface area contributed by atoms with Crippen molar-refractivity contribution >= 4 is 17.9 Å². The zero-order valence-corrected chi connectivity index (χ0v) is 26.4. The molecule has 0 unspecified atom stereocenters. The molecule has 8 nitrogen and oxygen atoms in total. The van der Waals surface area contributed by atoms with Crippen molar-refractivity contribution in [2.24, 2.45) is 22.7 Å². The lowest BCUT2D eigenvalue weighted by molar-refractivity contribution is -0.278. The molecule has 0 N–H and O–H groups in total. The summed E-state index contributed by atoms with van der Waals surface area (Å²) in [6.45, 7) is 12.4. The fraction of sp³-hybridized carbons (Fsp3) is 0.559. The summed E-state index contributed by atoms with van der Waals surface area (Å²) in [5.74, 6) is -3.26. The second-order valence-corrected chi connectivity index (χ2v) is 12.5. The molecule has 1 heterocycles. The van der Waals surface area contributed by atoms with E-state index in [0.29, 0.717) is 24.8 Å². The van der Waals surface area contributed by atoms with Crippen molar-refractivity contribution in [3.8, 4) is 0 Å². The molecule has 2 fully saturated rings. The molecular formula is C34H41F3O8. The number of carbonyl (C=O) groups excluding carboxylic acids is 3. The van der Waals surface area contributed by atoms with Crippen molar-refractivity contribution in [1.82, 2.24) is 0 Å². The van der Waals surface area contributed by atoms with Gasteiger partial charge in [0.2, 0.25) is 12.6 Å². The molecule has 1 saturated carbocycles. The molecule has 0 amide bonds. The van der Waals surface area contributed by atoms with Gasteiger partial charge in [0.05, 0.1) is 5.41 Å². The van der Waals surface area contributed by atoms with Gasteiger partial charge in [-0.15, -0.1) is 0 Å². The zero-order chi connectivity index (χ0) is 33.4. The van der Waals surface area contributed by atoms with Crippen LogP contribution in [0.15, 0.2) is 66.3 Å². The van der Waals surface area contributed by atoms with Gasteiger partial charge in [0.15, 0.2) is 0 Å². The number of rotatable bonds is 9. The predicted molar refractivity (Wildman–Crippen MR) is 157 cm³/mol. The highest BCUT2D eigenvalue weighted by molar-refractivity contribution is 5.83. The van der Waals surface area contributed by atoms with E-state index in [0.717, 1.165) is 24.8 Å². The Labute approximate surface area is 261 Å². The van der Waals surface area contributed by atoms with Gasteiger partial charge >= 0.3 is 24.1 Å². The standard InChI is InChI=1S/C34H41F3O8/c1-8-20(2)14-16-31(6)21(3)15-17-32-26(28(42-22(4)38)45-30(32)43-23(5)39)18-25(19-27(31)32)44-29(40)33(41-7,34(35,36)37)24-12-10-9-11-13-24/h8-14,18,21,25,27-28,30H,1,15-17,19H2,2-7H3/b20-14-/t21-,25+,27+,28+,30-,31-,32-,33+/m1/s1. The van der Waals surface area contributed by atoms with E-state index < -0.39 is 70.7 Å². The Morgan fingerprint density at radius 3 is 2.27 bits per heavy atom. The first-order valence-corrected chi connectivity index (χ1v) is 15.0. The van der Waals surface area contributed by atoms with E-state index in [-0.39, 0.29) is 12.3 Å². The van der Waals surface area contributed by atoms with Gasteiger partial charge in [-0.1, -0.05) is 68.5 Å². The first-order valence-electron chi connectivity index (χ1n) is 15.0. The molecule has 2 aliphatic carbocycles. The van der Waals surface area contributed by atoms with Gasteiger partial charge in [0.1, 0.15) is 6.10 Å². The Kier molecular flexibility index (Phi) is 9.76. The number of esters is 3. The van der Waals surface area contributed by atoms with E-state index in [1.54, 1.807) is 6.08 Å². The quantitative estimate of drug-likeness (QED) is 0.128. The van der Waals surface area contributed by atoms with Crippen molar-refractivity contribution in [3.63, 3.8) is 0 Å². The lowest BCUT2D eigenvalue weighted by atomic mass is 9.46. The summed E-state index contributed by atoms with van der Waals surface area (Å²) in [5, 5.41) is 0. The van der Waals surface area contributed by atoms with Crippen molar-refractivity contribution in [1.29, 1.82) is 0 Å². The maximum Gasteiger partial charge on any atom is 0.432 e. The van der Waals surface area contributed by atoms with E-state index in [2.05, 4.69) is 20.4 Å². The summed E-state index contributed by atoms with van der Waals surface area (Å²) in [4.78, 5) is 38.2. The summed E-state index contributed by atoms with van der Waals surface area (Å²) in [7, 11) is 0.811. The minimum Gasteiger partial charge on any atom is -0.455 e. The van der Waals surface area contributed by atoms with Gasteiger partial charge in [0, 0.05) is 32.1 Å². The normalized spacial score (nSPS) is 32.7. The van der Waals surface area contributed by atoms with Crippen molar-refractivity contribution in [2.45, 2.75) is 90.8 Å². The summed E-state index contributed by atoms with van der Waals surface area (Å²) in [5.41, 5.74) is -4.02. The molecule has 4 rings (SSSR count). The van der Waals surface area contributed by atoms with Gasteiger partial charge in [0.25, 0.3) is 5.60 Å². The second-order valence-electron chi connectivity index (χ2n) is 12.5. The summed E-state index contributed by atoms with van der Waals surface area (Å²) < 4.78 is 72.2. The minimum absolute atomic E-state index is 0.0947. The molecule has 246 valence electrons. The highest BCUT2D eigenvalue weighted by atomic mass is 19.4. The average molecular weight is 635 g/mol. The number of benzene rings is 1. The number of hydrogen-bond donors (Lipinski definition) is 0. The zero-order valence-electron chi connectivity index (χ0n) is 26.4. The Morgan fingerprint density at radius 1 is 1.07 bits per heavy atom. The molecule has 8 atom stereocenters. The highest BCUT2D eigenvalue weighted by Crippen LogP contribution is 2.67. The molecule has 1 saturated heterocycles. The monoisotopic (exact) mass is 634 g/mol. The van der Waals surface area contributed by atoms with Crippen molar-refractivity contribution < 1.29 is 51.2 Å². The van der Waals surface area contributed by atoms with Gasteiger partial charge in [-0.3, -0.25) is 14.3 Å². The van der Waals surface area contributed by atoms with Crippen LogP contribution in [0.2, 0.25) is 0 Å². The second kappa shape index (κ2) is 12.7. The lowest BCUT2D eigenvalue weighted by Gasteiger charge is -2.58. The fourth-order valence-electron chi connectivity index (χ4n) is 7.42. The topological polar surface area (TPSA) is 97.4 Å². The van der Waals surface area contributed by atoms with E-state index in [1.807, 2.05) is 13.0 Å². The van der Waals surface area contributed by atoms with Crippen LogP contribution in [0.5, 0.6) is 0 Å². The molecule has 1 aromatic rings.